The number of rotatable bonds is 7. The molecule has 1 N–H and O–H groups in total. The molecule has 4 aromatic rings. The average Bonchev–Trinajstić information content (AvgIpc) is 3.40. The molecular weight excluding hydrogens is 498 g/mol. The van der Waals surface area contributed by atoms with Crippen LogP contribution in [0.4, 0.5) is 5.69 Å². The number of pyridine rings is 1. The highest BCUT2D eigenvalue weighted by atomic mass is 16.2. The van der Waals surface area contributed by atoms with E-state index in [9.17, 15) is 9.59 Å². The van der Waals surface area contributed by atoms with Crippen molar-refractivity contribution in [2.45, 2.75) is 46.0 Å². The molecule has 206 valence electrons. The van der Waals surface area contributed by atoms with Crippen molar-refractivity contribution in [3.8, 4) is 11.3 Å². The van der Waals surface area contributed by atoms with E-state index in [-0.39, 0.29) is 11.8 Å². The molecule has 1 saturated heterocycles. The van der Waals surface area contributed by atoms with E-state index in [0.29, 0.717) is 41.7 Å². The van der Waals surface area contributed by atoms with Crippen LogP contribution in [-0.2, 0) is 13.5 Å². The minimum atomic E-state index is -0.230. The van der Waals surface area contributed by atoms with Crippen molar-refractivity contribution in [2.24, 2.45) is 13.0 Å². The third kappa shape index (κ3) is 6.14. The van der Waals surface area contributed by atoms with Crippen molar-refractivity contribution in [1.29, 1.82) is 0 Å². The van der Waals surface area contributed by atoms with Gasteiger partial charge in [0.05, 0.1) is 11.3 Å². The Labute approximate surface area is 236 Å². The van der Waals surface area contributed by atoms with E-state index < -0.39 is 0 Å². The lowest BCUT2D eigenvalue weighted by atomic mass is 9.88. The molecule has 0 aliphatic carbocycles. The maximum atomic E-state index is 13.4. The summed E-state index contributed by atoms with van der Waals surface area (Å²) in [5.74, 6) is 0.704. The van der Waals surface area contributed by atoms with Crippen molar-refractivity contribution in [3.63, 3.8) is 0 Å². The number of aromatic nitrogens is 3. The lowest BCUT2D eigenvalue weighted by molar-refractivity contribution is 0.0712. The normalized spacial score (nSPS) is 14.0. The van der Waals surface area contributed by atoms with Crippen molar-refractivity contribution >= 4 is 17.5 Å². The van der Waals surface area contributed by atoms with Crippen LogP contribution in [-0.4, -0.2) is 44.6 Å². The summed E-state index contributed by atoms with van der Waals surface area (Å²) in [7, 11) is 1.95. The molecule has 0 radical (unpaired) electrons. The van der Waals surface area contributed by atoms with Crippen molar-refractivity contribution in [3.05, 3.63) is 101 Å². The highest BCUT2D eigenvalue weighted by molar-refractivity contribution is 6.05. The molecular formula is C33H37N5O2. The quantitative estimate of drug-likeness (QED) is 0.303. The van der Waals surface area contributed by atoms with E-state index in [4.69, 9.17) is 0 Å². The number of benzene rings is 2. The van der Waals surface area contributed by atoms with Gasteiger partial charge in [-0.3, -0.25) is 19.3 Å². The Balaban J connectivity index is 1.20. The van der Waals surface area contributed by atoms with E-state index >= 15 is 0 Å². The van der Waals surface area contributed by atoms with Crippen LogP contribution in [0.25, 0.3) is 11.3 Å². The number of nitrogens with zero attached hydrogens (tertiary/aromatic N) is 4. The molecule has 1 aliphatic heterocycles. The average molecular weight is 536 g/mol. The molecule has 7 heteroatoms. The van der Waals surface area contributed by atoms with Crippen LogP contribution in [0.1, 0.15) is 70.1 Å². The fraction of sp³-hybridized carbons (Fsp3) is 0.333. The number of aryl methyl sites for hydroxylation is 2. The number of anilines is 1. The Morgan fingerprint density at radius 3 is 2.33 bits per heavy atom. The largest absolute Gasteiger partial charge is 0.339 e. The van der Waals surface area contributed by atoms with Gasteiger partial charge in [0.15, 0.2) is 0 Å². The summed E-state index contributed by atoms with van der Waals surface area (Å²) >= 11 is 0. The van der Waals surface area contributed by atoms with Gasteiger partial charge in [-0.15, -0.1) is 0 Å². The molecule has 0 unspecified atom stereocenters. The van der Waals surface area contributed by atoms with Crippen LogP contribution in [0, 0.1) is 12.8 Å². The minimum absolute atomic E-state index is 0.000194. The summed E-state index contributed by atoms with van der Waals surface area (Å²) in [6.07, 6.45) is 6.15. The first-order valence-electron chi connectivity index (χ1n) is 14.0. The van der Waals surface area contributed by atoms with Gasteiger partial charge in [-0.1, -0.05) is 44.2 Å². The SMILES string of the molecule is Cc1ccc(C(=O)N2CCC(c3ccc(-c4ccnn4C)cc3)CC2)cc1NC(=O)c1ccc(CC(C)C)nc1. The summed E-state index contributed by atoms with van der Waals surface area (Å²) in [6.45, 7) is 7.63. The molecule has 5 rings (SSSR count). The van der Waals surface area contributed by atoms with E-state index in [1.807, 2.05) is 54.0 Å². The fourth-order valence-corrected chi connectivity index (χ4v) is 5.36. The van der Waals surface area contributed by atoms with Gasteiger partial charge < -0.3 is 10.2 Å². The molecule has 3 heterocycles. The number of nitrogens with one attached hydrogen (secondary N) is 1. The molecule has 1 aliphatic rings. The van der Waals surface area contributed by atoms with Gasteiger partial charge in [0.25, 0.3) is 11.8 Å². The number of hydrogen-bond donors (Lipinski definition) is 1. The van der Waals surface area contributed by atoms with Gasteiger partial charge in [0, 0.05) is 49.5 Å². The topological polar surface area (TPSA) is 80.1 Å². The van der Waals surface area contributed by atoms with Crippen molar-refractivity contribution in [1.82, 2.24) is 19.7 Å². The Kier molecular flexibility index (Phi) is 8.10. The van der Waals surface area contributed by atoms with Crippen LogP contribution < -0.4 is 5.32 Å². The zero-order chi connectivity index (χ0) is 28.2. The smallest absolute Gasteiger partial charge is 0.257 e. The maximum absolute atomic E-state index is 13.4. The van der Waals surface area contributed by atoms with E-state index in [0.717, 1.165) is 41.8 Å². The molecule has 2 aromatic heterocycles. The van der Waals surface area contributed by atoms with Gasteiger partial charge >= 0.3 is 0 Å². The lowest BCUT2D eigenvalue weighted by Crippen LogP contribution is -2.38. The first-order chi connectivity index (χ1) is 19.3. The predicted molar refractivity (Wildman–Crippen MR) is 158 cm³/mol. The number of amides is 2. The lowest BCUT2D eigenvalue weighted by Gasteiger charge is -2.32. The third-order valence-electron chi connectivity index (χ3n) is 7.72. The maximum Gasteiger partial charge on any atom is 0.257 e. The van der Waals surface area contributed by atoms with Gasteiger partial charge in [0.2, 0.25) is 0 Å². The molecule has 1 fully saturated rings. The van der Waals surface area contributed by atoms with E-state index in [1.54, 1.807) is 18.3 Å². The summed E-state index contributed by atoms with van der Waals surface area (Å²) in [4.78, 5) is 32.7. The Morgan fingerprint density at radius 2 is 1.70 bits per heavy atom. The number of carbonyl (C=O) groups is 2. The summed E-state index contributed by atoms with van der Waals surface area (Å²) < 4.78 is 1.88. The molecule has 2 aromatic carbocycles. The number of piperidine rings is 1. The second-order valence-electron chi connectivity index (χ2n) is 11.1. The Morgan fingerprint density at radius 1 is 0.975 bits per heavy atom. The predicted octanol–water partition coefficient (Wildman–Crippen LogP) is 6.26. The molecule has 0 atom stereocenters. The molecule has 7 nitrogen and oxygen atoms in total. The highest BCUT2D eigenvalue weighted by Gasteiger charge is 2.25. The molecule has 0 bridgehead atoms. The fourth-order valence-electron chi connectivity index (χ4n) is 5.36. The van der Waals surface area contributed by atoms with Crippen molar-refractivity contribution in [2.75, 3.05) is 18.4 Å². The standard InChI is InChI=1S/C33H37N5O2/c1-22(2)19-29-12-11-28(21-34-29)32(39)36-30-20-27(6-5-23(30)3)33(40)38-17-14-25(15-18-38)24-7-9-26(10-8-24)31-13-16-35-37(31)4/h5-13,16,20-22,25H,14-15,17-19H2,1-4H3,(H,36,39). The van der Waals surface area contributed by atoms with Crippen LogP contribution in [0.5, 0.6) is 0 Å². The zero-order valence-electron chi connectivity index (χ0n) is 23.7. The first kappa shape index (κ1) is 27.3. The Hall–Kier alpha value is -4.26. The molecule has 2 amide bonds. The van der Waals surface area contributed by atoms with Crippen LogP contribution >= 0.6 is 0 Å². The van der Waals surface area contributed by atoms with Gasteiger partial charge in [0.1, 0.15) is 0 Å². The number of carbonyl (C=O) groups excluding carboxylic acids is 2. The summed E-state index contributed by atoms with van der Waals surface area (Å²) in [6, 6.07) is 20.0. The second kappa shape index (κ2) is 11.9. The van der Waals surface area contributed by atoms with Crippen LogP contribution in [0.2, 0.25) is 0 Å². The summed E-state index contributed by atoms with van der Waals surface area (Å²) in [5, 5.41) is 7.24. The highest BCUT2D eigenvalue weighted by Crippen LogP contribution is 2.31. The zero-order valence-corrected chi connectivity index (χ0v) is 23.7. The van der Waals surface area contributed by atoms with Crippen molar-refractivity contribution < 1.29 is 9.59 Å². The summed E-state index contributed by atoms with van der Waals surface area (Å²) in [5.41, 5.74) is 7.16. The first-order valence-corrected chi connectivity index (χ1v) is 14.0. The third-order valence-corrected chi connectivity index (χ3v) is 7.72. The second-order valence-corrected chi connectivity index (χ2v) is 11.1. The van der Waals surface area contributed by atoms with Gasteiger partial charge in [-0.25, -0.2) is 0 Å². The molecule has 0 spiro atoms. The van der Waals surface area contributed by atoms with Crippen LogP contribution in [0.3, 0.4) is 0 Å². The molecule has 40 heavy (non-hydrogen) atoms. The van der Waals surface area contributed by atoms with E-state index in [1.165, 1.54) is 5.56 Å². The van der Waals surface area contributed by atoms with Gasteiger partial charge in [-0.2, -0.15) is 5.10 Å². The Bertz CT molecular complexity index is 1480. The number of likely N-dealkylation sites (tertiary alicyclic amines) is 1. The number of hydrogen-bond acceptors (Lipinski definition) is 4. The monoisotopic (exact) mass is 535 g/mol. The van der Waals surface area contributed by atoms with Crippen LogP contribution in [0.15, 0.2) is 73.1 Å². The minimum Gasteiger partial charge on any atom is -0.339 e. The van der Waals surface area contributed by atoms with E-state index in [2.05, 4.69) is 53.5 Å². The van der Waals surface area contributed by atoms with Gasteiger partial charge in [-0.05, 0) is 85.0 Å². The molecule has 0 saturated carbocycles.